The van der Waals surface area contributed by atoms with Crippen LogP contribution in [0.25, 0.3) is 0 Å². The van der Waals surface area contributed by atoms with E-state index < -0.39 is 17.2 Å². The first kappa shape index (κ1) is 14.0. The third kappa shape index (κ3) is 3.05. The molecule has 2 aromatic carbocycles. The normalized spacial score (nSPS) is 17.3. The molecular weight excluding hydrogens is 274 g/mol. The molecule has 1 saturated carbocycles. The third-order valence-electron chi connectivity index (χ3n) is 3.65. The Morgan fingerprint density at radius 1 is 1.05 bits per heavy atom. The van der Waals surface area contributed by atoms with Crippen molar-refractivity contribution in [2.75, 3.05) is 0 Å². The molecule has 1 unspecified atom stereocenters. The topological polar surface area (TPSA) is 29.5 Å². The van der Waals surface area contributed by atoms with Crippen molar-refractivity contribution in [3.63, 3.8) is 0 Å². The molecule has 0 amide bonds. The second-order valence-electron chi connectivity index (χ2n) is 5.58. The van der Waals surface area contributed by atoms with E-state index in [2.05, 4.69) is 0 Å². The summed E-state index contributed by atoms with van der Waals surface area (Å²) in [5.41, 5.74) is -0.791. The second-order valence-corrected chi connectivity index (χ2v) is 5.58. The van der Waals surface area contributed by atoms with Gasteiger partial charge in [-0.3, -0.25) is 0 Å². The summed E-state index contributed by atoms with van der Waals surface area (Å²) in [6.45, 7) is 1.51. The first-order valence-corrected chi connectivity index (χ1v) is 6.91. The van der Waals surface area contributed by atoms with Crippen LogP contribution < -0.4 is 4.74 Å². The summed E-state index contributed by atoms with van der Waals surface area (Å²) in [6.07, 6.45) is 2.32. The van der Waals surface area contributed by atoms with Gasteiger partial charge in [-0.2, -0.15) is 0 Å². The molecule has 0 aliphatic heterocycles. The Balaban J connectivity index is 1.96. The average Bonchev–Trinajstić information content (AvgIpc) is 3.22. The highest BCUT2D eigenvalue weighted by Gasteiger charge is 2.28. The molecule has 110 valence electrons. The fourth-order valence-electron chi connectivity index (χ4n) is 2.25. The van der Waals surface area contributed by atoms with Crippen LogP contribution in [0.4, 0.5) is 8.78 Å². The number of hydrogen-bond acceptors (Lipinski definition) is 2. The van der Waals surface area contributed by atoms with Crippen LogP contribution in [0.2, 0.25) is 0 Å². The van der Waals surface area contributed by atoms with Gasteiger partial charge >= 0.3 is 0 Å². The molecule has 21 heavy (non-hydrogen) atoms. The van der Waals surface area contributed by atoms with E-state index in [0.717, 1.165) is 31.0 Å². The zero-order valence-electron chi connectivity index (χ0n) is 11.6. The van der Waals surface area contributed by atoms with Gasteiger partial charge in [0.25, 0.3) is 0 Å². The van der Waals surface area contributed by atoms with E-state index in [1.165, 1.54) is 6.92 Å². The van der Waals surface area contributed by atoms with Crippen molar-refractivity contribution < 1.29 is 18.6 Å². The molecule has 0 heterocycles. The predicted molar refractivity (Wildman–Crippen MR) is 75.1 cm³/mol. The van der Waals surface area contributed by atoms with E-state index in [-0.39, 0.29) is 11.7 Å². The van der Waals surface area contributed by atoms with E-state index in [1.54, 1.807) is 18.2 Å². The Hall–Kier alpha value is -1.94. The average molecular weight is 290 g/mol. The molecule has 1 N–H and O–H groups in total. The molecule has 0 aromatic heterocycles. The lowest BCUT2D eigenvalue weighted by molar-refractivity contribution is 0.101. The van der Waals surface area contributed by atoms with Gasteiger partial charge in [-0.1, -0.05) is 12.1 Å². The number of rotatable bonds is 4. The molecule has 0 spiro atoms. The first-order chi connectivity index (χ1) is 9.95. The van der Waals surface area contributed by atoms with Gasteiger partial charge in [0.1, 0.15) is 23.0 Å². The largest absolute Gasteiger partial charge is 0.490 e. The number of ether oxygens (including phenoxy) is 1. The monoisotopic (exact) mass is 290 g/mol. The second kappa shape index (κ2) is 5.11. The van der Waals surface area contributed by atoms with Crippen molar-refractivity contribution in [2.45, 2.75) is 31.5 Å². The maximum absolute atomic E-state index is 13.4. The number of aliphatic hydroxyl groups is 1. The molecule has 0 saturated heterocycles. The standard InChI is InChI=1S/C17H16F2O2/c1-17(20,12-7-13(18)10-14(19)8-12)11-3-2-4-16(9-11)21-15-5-6-15/h2-4,7-10,15,20H,5-6H2,1H3. The maximum atomic E-state index is 13.4. The molecule has 3 rings (SSSR count). The molecule has 1 fully saturated rings. The van der Waals surface area contributed by atoms with Gasteiger partial charge in [-0.25, -0.2) is 8.78 Å². The zero-order chi connectivity index (χ0) is 15.0. The van der Waals surface area contributed by atoms with Crippen LogP contribution in [-0.4, -0.2) is 11.2 Å². The number of hydrogen-bond donors (Lipinski definition) is 1. The third-order valence-corrected chi connectivity index (χ3v) is 3.65. The lowest BCUT2D eigenvalue weighted by Crippen LogP contribution is -2.23. The SMILES string of the molecule is CC(O)(c1cc(F)cc(F)c1)c1cccc(OC2CC2)c1. The first-order valence-electron chi connectivity index (χ1n) is 6.91. The van der Waals surface area contributed by atoms with Gasteiger partial charge in [-0.05, 0) is 55.2 Å². The van der Waals surface area contributed by atoms with Crippen LogP contribution in [-0.2, 0) is 5.60 Å². The summed E-state index contributed by atoms with van der Waals surface area (Å²) in [4.78, 5) is 0. The van der Waals surface area contributed by atoms with Crippen LogP contribution in [0.3, 0.4) is 0 Å². The summed E-state index contributed by atoms with van der Waals surface area (Å²) in [7, 11) is 0. The minimum Gasteiger partial charge on any atom is -0.490 e. The maximum Gasteiger partial charge on any atom is 0.126 e. The molecule has 0 bridgehead atoms. The van der Waals surface area contributed by atoms with E-state index in [9.17, 15) is 13.9 Å². The quantitative estimate of drug-likeness (QED) is 0.929. The van der Waals surface area contributed by atoms with E-state index in [0.29, 0.717) is 11.3 Å². The van der Waals surface area contributed by atoms with Gasteiger partial charge in [0.2, 0.25) is 0 Å². The Kier molecular flexibility index (Phi) is 3.41. The highest BCUT2D eigenvalue weighted by Crippen LogP contribution is 2.33. The molecule has 1 atom stereocenters. The Morgan fingerprint density at radius 2 is 1.71 bits per heavy atom. The van der Waals surface area contributed by atoms with Gasteiger partial charge < -0.3 is 9.84 Å². The van der Waals surface area contributed by atoms with Crippen LogP contribution in [0, 0.1) is 11.6 Å². The van der Waals surface area contributed by atoms with E-state index in [4.69, 9.17) is 4.74 Å². The summed E-state index contributed by atoms with van der Waals surface area (Å²) in [5, 5.41) is 10.7. The van der Waals surface area contributed by atoms with E-state index in [1.807, 2.05) is 6.07 Å². The zero-order valence-corrected chi connectivity index (χ0v) is 11.6. The molecule has 2 aromatic rings. The smallest absolute Gasteiger partial charge is 0.126 e. The highest BCUT2D eigenvalue weighted by molar-refractivity contribution is 5.39. The van der Waals surface area contributed by atoms with Crippen molar-refractivity contribution in [1.82, 2.24) is 0 Å². The summed E-state index contributed by atoms with van der Waals surface area (Å²) in [6, 6.07) is 10.0. The molecule has 0 radical (unpaired) electrons. The Labute approximate surface area is 122 Å². The Bertz CT molecular complexity index is 643. The molecule has 2 nitrogen and oxygen atoms in total. The lowest BCUT2D eigenvalue weighted by atomic mass is 9.88. The van der Waals surface area contributed by atoms with Crippen molar-refractivity contribution in [2.24, 2.45) is 0 Å². The van der Waals surface area contributed by atoms with Crippen LogP contribution in [0.1, 0.15) is 30.9 Å². The van der Waals surface area contributed by atoms with Gasteiger partial charge in [0.05, 0.1) is 6.10 Å². The number of halogens is 2. The van der Waals surface area contributed by atoms with Gasteiger partial charge in [0.15, 0.2) is 0 Å². The molecule has 4 heteroatoms. The Morgan fingerprint density at radius 3 is 2.33 bits per heavy atom. The van der Waals surface area contributed by atoms with Gasteiger partial charge in [0, 0.05) is 6.07 Å². The summed E-state index contributed by atoms with van der Waals surface area (Å²) < 4.78 is 32.4. The summed E-state index contributed by atoms with van der Waals surface area (Å²) in [5.74, 6) is -0.765. The molecular formula is C17H16F2O2. The minimum atomic E-state index is -1.49. The lowest BCUT2D eigenvalue weighted by Gasteiger charge is -2.25. The van der Waals surface area contributed by atoms with Crippen molar-refractivity contribution in [3.05, 3.63) is 65.2 Å². The molecule has 1 aliphatic carbocycles. The van der Waals surface area contributed by atoms with Crippen LogP contribution in [0.15, 0.2) is 42.5 Å². The number of benzene rings is 2. The van der Waals surface area contributed by atoms with Crippen molar-refractivity contribution >= 4 is 0 Å². The van der Waals surface area contributed by atoms with Crippen molar-refractivity contribution in [3.8, 4) is 5.75 Å². The van der Waals surface area contributed by atoms with E-state index >= 15 is 0 Å². The van der Waals surface area contributed by atoms with Crippen LogP contribution in [0.5, 0.6) is 5.75 Å². The fourth-order valence-corrected chi connectivity index (χ4v) is 2.25. The van der Waals surface area contributed by atoms with Crippen molar-refractivity contribution in [1.29, 1.82) is 0 Å². The van der Waals surface area contributed by atoms with Crippen LogP contribution >= 0.6 is 0 Å². The summed E-state index contributed by atoms with van der Waals surface area (Å²) >= 11 is 0. The van der Waals surface area contributed by atoms with Gasteiger partial charge in [-0.15, -0.1) is 0 Å². The highest BCUT2D eigenvalue weighted by atomic mass is 19.1. The minimum absolute atomic E-state index is 0.170. The fraction of sp³-hybridized carbons (Fsp3) is 0.294. The molecule has 1 aliphatic rings. The predicted octanol–water partition coefficient (Wildman–Crippen LogP) is 3.76.